The Morgan fingerprint density at radius 3 is 2.68 bits per heavy atom. The molecule has 2 aromatic rings. The molecule has 0 fully saturated rings. The van der Waals surface area contributed by atoms with Gasteiger partial charge >= 0.3 is 5.97 Å². The number of aromatic nitrogens is 2. The second kappa shape index (κ2) is 10.0. The van der Waals surface area contributed by atoms with Crippen LogP contribution >= 0.6 is 46.5 Å². The van der Waals surface area contributed by atoms with Gasteiger partial charge in [0.1, 0.15) is 0 Å². The van der Waals surface area contributed by atoms with E-state index in [2.05, 4.69) is 20.3 Å². The highest BCUT2D eigenvalue weighted by Gasteiger charge is 2.20. The molecule has 0 saturated heterocycles. The monoisotopic (exact) mass is 417 g/mol. The Hall–Kier alpha value is -1.29. The molecule has 134 valence electrons. The van der Waals surface area contributed by atoms with Crippen molar-refractivity contribution in [2.75, 3.05) is 18.2 Å². The number of anilines is 1. The standard InChI is InChI=1S/C15H16ClN3O3S3/c1-3-11(24-10-6-4-9(16)5-7-10)13(21)17-14-18-19-15(25-14)23-8-12(20)22-2/h4-7,11H,3,8H2,1-2H3,(H,17,18,21). The van der Waals surface area contributed by atoms with E-state index in [1.165, 1.54) is 42.0 Å². The number of amides is 1. The lowest BCUT2D eigenvalue weighted by Gasteiger charge is -2.13. The Morgan fingerprint density at radius 1 is 1.32 bits per heavy atom. The molecule has 0 bridgehead atoms. The third-order valence-corrected chi connectivity index (χ3v) is 6.51. The molecule has 0 radical (unpaired) electrons. The summed E-state index contributed by atoms with van der Waals surface area (Å²) in [6.45, 7) is 1.95. The number of carbonyl (C=O) groups is 2. The number of esters is 1. The van der Waals surface area contributed by atoms with Crippen LogP contribution in [0.15, 0.2) is 33.5 Å². The topological polar surface area (TPSA) is 81.2 Å². The third-order valence-electron chi connectivity index (χ3n) is 2.93. The van der Waals surface area contributed by atoms with Crippen molar-refractivity contribution < 1.29 is 14.3 Å². The van der Waals surface area contributed by atoms with Crippen molar-refractivity contribution >= 4 is 63.5 Å². The SMILES string of the molecule is CCC(Sc1ccc(Cl)cc1)C(=O)Nc1nnc(SCC(=O)OC)s1. The zero-order valence-corrected chi connectivity index (χ0v) is 16.7. The fraction of sp³-hybridized carbons (Fsp3) is 0.333. The first-order chi connectivity index (χ1) is 12.0. The summed E-state index contributed by atoms with van der Waals surface area (Å²) in [6.07, 6.45) is 0.669. The maximum Gasteiger partial charge on any atom is 0.316 e. The first-order valence-electron chi connectivity index (χ1n) is 7.28. The number of halogens is 1. The quantitative estimate of drug-likeness (QED) is 0.395. The molecule has 6 nitrogen and oxygen atoms in total. The van der Waals surface area contributed by atoms with Gasteiger partial charge in [-0.25, -0.2) is 0 Å². The van der Waals surface area contributed by atoms with Crippen molar-refractivity contribution in [3.63, 3.8) is 0 Å². The lowest BCUT2D eigenvalue weighted by molar-refractivity contribution is -0.137. The molecule has 1 heterocycles. The average molecular weight is 418 g/mol. The molecule has 1 amide bonds. The number of hydrogen-bond donors (Lipinski definition) is 1. The molecular formula is C15H16ClN3O3S3. The van der Waals surface area contributed by atoms with E-state index in [9.17, 15) is 9.59 Å². The second-order valence-corrected chi connectivity index (χ2v) is 8.61. The van der Waals surface area contributed by atoms with Crippen LogP contribution in [-0.2, 0) is 14.3 Å². The summed E-state index contributed by atoms with van der Waals surface area (Å²) >= 11 is 9.79. The summed E-state index contributed by atoms with van der Waals surface area (Å²) in [5.41, 5.74) is 0. The number of benzene rings is 1. The summed E-state index contributed by atoms with van der Waals surface area (Å²) in [7, 11) is 1.33. The van der Waals surface area contributed by atoms with Crippen LogP contribution in [0.2, 0.25) is 5.02 Å². The van der Waals surface area contributed by atoms with E-state index >= 15 is 0 Å². The first-order valence-corrected chi connectivity index (χ1v) is 10.3. The van der Waals surface area contributed by atoms with Crippen molar-refractivity contribution in [1.82, 2.24) is 10.2 Å². The van der Waals surface area contributed by atoms with E-state index < -0.39 is 0 Å². The molecule has 2 rings (SSSR count). The number of hydrogen-bond acceptors (Lipinski definition) is 8. The number of nitrogens with one attached hydrogen (secondary N) is 1. The number of nitrogens with zero attached hydrogens (tertiary/aromatic N) is 2. The average Bonchev–Trinajstić information content (AvgIpc) is 3.06. The van der Waals surface area contributed by atoms with E-state index in [4.69, 9.17) is 11.6 Å². The van der Waals surface area contributed by atoms with Crippen LogP contribution < -0.4 is 5.32 Å². The molecule has 1 aromatic carbocycles. The fourth-order valence-electron chi connectivity index (χ4n) is 1.68. The van der Waals surface area contributed by atoms with Crippen LogP contribution in [-0.4, -0.2) is 40.2 Å². The zero-order valence-electron chi connectivity index (χ0n) is 13.5. The molecule has 0 spiro atoms. The molecule has 10 heteroatoms. The lowest BCUT2D eigenvalue weighted by atomic mass is 10.3. The van der Waals surface area contributed by atoms with Gasteiger partial charge in [0.2, 0.25) is 11.0 Å². The van der Waals surface area contributed by atoms with Crippen LogP contribution in [0.4, 0.5) is 5.13 Å². The van der Waals surface area contributed by atoms with Crippen molar-refractivity contribution in [3.05, 3.63) is 29.3 Å². The maximum absolute atomic E-state index is 12.4. The third kappa shape index (κ3) is 6.50. The molecule has 0 aliphatic heterocycles. The van der Waals surface area contributed by atoms with E-state index in [1.54, 1.807) is 12.1 Å². The van der Waals surface area contributed by atoms with Crippen molar-refractivity contribution in [2.24, 2.45) is 0 Å². The van der Waals surface area contributed by atoms with Crippen LogP contribution in [0.25, 0.3) is 0 Å². The van der Waals surface area contributed by atoms with E-state index in [1.807, 2.05) is 19.1 Å². The van der Waals surface area contributed by atoms with Gasteiger partial charge in [-0.05, 0) is 30.7 Å². The molecule has 1 atom stereocenters. The Bertz CT molecular complexity index is 724. The predicted molar refractivity (Wildman–Crippen MR) is 103 cm³/mol. The summed E-state index contributed by atoms with van der Waals surface area (Å²) in [6, 6.07) is 7.36. The van der Waals surface area contributed by atoms with Gasteiger partial charge in [-0.1, -0.05) is 41.6 Å². The number of carbonyl (C=O) groups excluding carboxylic acids is 2. The number of rotatable bonds is 8. The fourth-order valence-corrected chi connectivity index (χ4v) is 4.35. The smallest absolute Gasteiger partial charge is 0.316 e. The Kier molecular flexibility index (Phi) is 8.01. The molecular weight excluding hydrogens is 402 g/mol. The molecule has 0 saturated carbocycles. The van der Waals surface area contributed by atoms with Crippen LogP contribution in [0.5, 0.6) is 0 Å². The largest absolute Gasteiger partial charge is 0.468 e. The number of methoxy groups -OCH3 is 1. The van der Waals surface area contributed by atoms with Crippen molar-refractivity contribution in [2.45, 2.75) is 27.8 Å². The van der Waals surface area contributed by atoms with Gasteiger partial charge in [0.15, 0.2) is 4.34 Å². The first kappa shape index (κ1) is 20.0. The molecule has 0 aliphatic rings. The summed E-state index contributed by atoms with van der Waals surface area (Å²) < 4.78 is 5.17. The van der Waals surface area contributed by atoms with Crippen molar-refractivity contribution in [3.8, 4) is 0 Å². The summed E-state index contributed by atoms with van der Waals surface area (Å²) in [4.78, 5) is 24.5. The van der Waals surface area contributed by atoms with Crippen LogP contribution in [0.1, 0.15) is 13.3 Å². The Morgan fingerprint density at radius 2 is 2.04 bits per heavy atom. The predicted octanol–water partition coefficient (Wildman–Crippen LogP) is 3.97. The highest BCUT2D eigenvalue weighted by atomic mass is 35.5. The minimum Gasteiger partial charge on any atom is -0.468 e. The molecule has 0 aliphatic carbocycles. The maximum atomic E-state index is 12.4. The molecule has 1 aromatic heterocycles. The highest BCUT2D eigenvalue weighted by molar-refractivity contribution is 8.01. The van der Waals surface area contributed by atoms with Gasteiger partial charge < -0.3 is 4.74 Å². The lowest BCUT2D eigenvalue weighted by Crippen LogP contribution is -2.24. The zero-order chi connectivity index (χ0) is 18.2. The summed E-state index contributed by atoms with van der Waals surface area (Å²) in [5.74, 6) is -0.317. The minimum atomic E-state index is -0.337. The van der Waals surface area contributed by atoms with Gasteiger partial charge in [-0.2, -0.15) is 0 Å². The van der Waals surface area contributed by atoms with Gasteiger partial charge in [0.05, 0.1) is 18.1 Å². The molecule has 25 heavy (non-hydrogen) atoms. The van der Waals surface area contributed by atoms with Gasteiger partial charge in [0.25, 0.3) is 0 Å². The second-order valence-electron chi connectivity index (χ2n) is 4.70. The van der Waals surface area contributed by atoms with E-state index in [0.29, 0.717) is 20.9 Å². The van der Waals surface area contributed by atoms with Crippen LogP contribution in [0.3, 0.4) is 0 Å². The Balaban J connectivity index is 1.91. The van der Waals surface area contributed by atoms with Crippen LogP contribution in [0, 0.1) is 0 Å². The highest BCUT2D eigenvalue weighted by Crippen LogP contribution is 2.29. The normalized spacial score (nSPS) is 11.8. The Labute approximate surface area is 163 Å². The minimum absolute atomic E-state index is 0.136. The number of thioether (sulfide) groups is 2. The van der Waals surface area contributed by atoms with Gasteiger partial charge in [0, 0.05) is 9.92 Å². The van der Waals surface area contributed by atoms with E-state index in [0.717, 1.165) is 4.90 Å². The molecule has 1 unspecified atom stereocenters. The van der Waals surface area contributed by atoms with E-state index in [-0.39, 0.29) is 22.9 Å². The summed E-state index contributed by atoms with van der Waals surface area (Å²) in [5, 5.41) is 11.5. The van der Waals surface area contributed by atoms with Crippen molar-refractivity contribution in [1.29, 1.82) is 0 Å². The number of ether oxygens (including phenoxy) is 1. The molecule has 1 N–H and O–H groups in total. The van der Waals surface area contributed by atoms with Gasteiger partial charge in [-0.3, -0.25) is 14.9 Å². The van der Waals surface area contributed by atoms with Gasteiger partial charge in [-0.15, -0.1) is 22.0 Å².